The van der Waals surface area contributed by atoms with Gasteiger partial charge in [-0.15, -0.1) is 0 Å². The maximum Gasteiger partial charge on any atom is 0.241 e. The molecule has 0 aliphatic rings. The standard InChI is InChI=1S/C15H13FN2O3S/c16-14-7-6-13(8-12(14)9-17)22(20,21)18-15(10-19)11-4-2-1-3-5-11/h1-8,15,18-19H,10H2. The van der Waals surface area contributed by atoms with Crippen LogP contribution in [0.3, 0.4) is 0 Å². The molecular weight excluding hydrogens is 307 g/mol. The highest BCUT2D eigenvalue weighted by molar-refractivity contribution is 7.89. The molecule has 0 saturated heterocycles. The molecule has 2 aromatic rings. The van der Waals surface area contributed by atoms with E-state index in [9.17, 15) is 17.9 Å². The SMILES string of the molecule is N#Cc1cc(S(=O)(=O)NC(CO)c2ccccc2)ccc1F. The van der Waals surface area contributed by atoms with Gasteiger partial charge < -0.3 is 5.11 Å². The lowest BCUT2D eigenvalue weighted by Gasteiger charge is -2.17. The van der Waals surface area contributed by atoms with E-state index in [1.54, 1.807) is 36.4 Å². The highest BCUT2D eigenvalue weighted by atomic mass is 32.2. The number of halogens is 1. The second-order valence-corrected chi connectivity index (χ2v) is 6.23. The Hall–Kier alpha value is -2.27. The van der Waals surface area contributed by atoms with Gasteiger partial charge in [-0.05, 0) is 23.8 Å². The Kier molecular flexibility index (Phi) is 4.88. The fourth-order valence-electron chi connectivity index (χ4n) is 1.91. The summed E-state index contributed by atoms with van der Waals surface area (Å²) < 4.78 is 40.2. The predicted octanol–water partition coefficient (Wildman–Crippen LogP) is 1.71. The molecule has 2 N–H and O–H groups in total. The Morgan fingerprint density at radius 2 is 1.91 bits per heavy atom. The number of hydrogen-bond acceptors (Lipinski definition) is 4. The quantitative estimate of drug-likeness (QED) is 0.877. The number of nitrogens with one attached hydrogen (secondary N) is 1. The van der Waals surface area contributed by atoms with Gasteiger partial charge in [0.25, 0.3) is 0 Å². The largest absolute Gasteiger partial charge is 0.394 e. The van der Waals surface area contributed by atoms with Crippen LogP contribution in [0.2, 0.25) is 0 Å². The van der Waals surface area contributed by atoms with E-state index in [1.165, 1.54) is 0 Å². The fourth-order valence-corrected chi connectivity index (χ4v) is 3.15. The van der Waals surface area contributed by atoms with E-state index >= 15 is 0 Å². The van der Waals surface area contributed by atoms with Crippen molar-refractivity contribution in [1.82, 2.24) is 4.72 Å². The highest BCUT2D eigenvalue weighted by Gasteiger charge is 2.22. The molecular formula is C15H13FN2O3S. The average molecular weight is 320 g/mol. The summed E-state index contributed by atoms with van der Waals surface area (Å²) >= 11 is 0. The van der Waals surface area contributed by atoms with Gasteiger partial charge in [-0.2, -0.15) is 5.26 Å². The number of hydrogen-bond donors (Lipinski definition) is 2. The van der Waals surface area contributed by atoms with Crippen molar-refractivity contribution in [2.75, 3.05) is 6.61 Å². The lowest BCUT2D eigenvalue weighted by molar-refractivity contribution is 0.259. The molecule has 0 amide bonds. The van der Waals surface area contributed by atoms with Gasteiger partial charge in [0.2, 0.25) is 10.0 Å². The normalized spacial score (nSPS) is 12.6. The predicted molar refractivity (Wildman–Crippen MR) is 77.7 cm³/mol. The molecule has 7 heteroatoms. The van der Waals surface area contributed by atoms with Crippen LogP contribution in [0.25, 0.3) is 0 Å². The number of aliphatic hydroxyl groups is 1. The van der Waals surface area contributed by atoms with Crippen molar-refractivity contribution in [2.24, 2.45) is 0 Å². The number of nitrogens with zero attached hydrogens (tertiary/aromatic N) is 1. The van der Waals surface area contributed by atoms with Gasteiger partial charge in [-0.3, -0.25) is 0 Å². The molecule has 0 saturated carbocycles. The summed E-state index contributed by atoms with van der Waals surface area (Å²) in [7, 11) is -4.00. The zero-order valence-electron chi connectivity index (χ0n) is 11.4. The number of rotatable bonds is 5. The van der Waals surface area contributed by atoms with Gasteiger partial charge in [0.15, 0.2) is 0 Å². The zero-order valence-corrected chi connectivity index (χ0v) is 12.2. The van der Waals surface area contributed by atoms with Gasteiger partial charge in [0.1, 0.15) is 11.9 Å². The first-order valence-electron chi connectivity index (χ1n) is 6.35. The Morgan fingerprint density at radius 3 is 2.50 bits per heavy atom. The summed E-state index contributed by atoms with van der Waals surface area (Å²) in [4.78, 5) is -0.236. The van der Waals surface area contributed by atoms with Gasteiger partial charge in [-0.1, -0.05) is 30.3 Å². The molecule has 0 bridgehead atoms. The minimum Gasteiger partial charge on any atom is -0.394 e. The molecule has 0 aromatic heterocycles. The van der Waals surface area contributed by atoms with Crippen molar-refractivity contribution < 1.29 is 17.9 Å². The second-order valence-electron chi connectivity index (χ2n) is 4.52. The Bertz CT molecular complexity index is 801. The van der Waals surface area contributed by atoms with Crippen LogP contribution in [0.1, 0.15) is 17.2 Å². The molecule has 2 aromatic carbocycles. The van der Waals surface area contributed by atoms with Gasteiger partial charge in [-0.25, -0.2) is 17.5 Å². The number of nitriles is 1. The van der Waals surface area contributed by atoms with Crippen LogP contribution >= 0.6 is 0 Å². The number of aliphatic hydroxyl groups excluding tert-OH is 1. The van der Waals surface area contributed by atoms with E-state index in [0.717, 1.165) is 18.2 Å². The Balaban J connectivity index is 2.33. The third kappa shape index (κ3) is 3.49. The van der Waals surface area contributed by atoms with Crippen molar-refractivity contribution in [2.45, 2.75) is 10.9 Å². The molecule has 5 nitrogen and oxygen atoms in total. The minimum absolute atomic E-state index is 0.236. The Labute approximate surface area is 127 Å². The first kappa shape index (κ1) is 16.1. The fraction of sp³-hybridized carbons (Fsp3) is 0.133. The molecule has 0 spiro atoms. The molecule has 0 aliphatic carbocycles. The topological polar surface area (TPSA) is 90.2 Å². The summed E-state index contributed by atoms with van der Waals surface area (Å²) in [6, 6.07) is 12.3. The van der Waals surface area contributed by atoms with Gasteiger partial charge in [0.05, 0.1) is 23.1 Å². The van der Waals surface area contributed by atoms with Crippen molar-refractivity contribution in [1.29, 1.82) is 5.26 Å². The van der Waals surface area contributed by atoms with Crippen molar-refractivity contribution >= 4 is 10.0 Å². The van der Waals surface area contributed by atoms with Crippen molar-refractivity contribution in [3.05, 3.63) is 65.5 Å². The third-order valence-corrected chi connectivity index (χ3v) is 4.52. The minimum atomic E-state index is -4.00. The summed E-state index contributed by atoms with van der Waals surface area (Å²) in [6.07, 6.45) is 0. The average Bonchev–Trinajstić information content (AvgIpc) is 2.53. The lowest BCUT2D eigenvalue weighted by atomic mass is 10.1. The molecule has 0 radical (unpaired) electrons. The van der Waals surface area contributed by atoms with Crippen molar-refractivity contribution in [3.63, 3.8) is 0 Å². The van der Waals surface area contributed by atoms with Gasteiger partial charge >= 0.3 is 0 Å². The van der Waals surface area contributed by atoms with Gasteiger partial charge in [0, 0.05) is 0 Å². The molecule has 0 heterocycles. The molecule has 114 valence electrons. The summed E-state index contributed by atoms with van der Waals surface area (Å²) in [5, 5.41) is 18.2. The van der Waals surface area contributed by atoms with E-state index in [-0.39, 0.29) is 10.5 Å². The van der Waals surface area contributed by atoms with Crippen LogP contribution in [-0.2, 0) is 10.0 Å². The van der Waals surface area contributed by atoms with E-state index in [2.05, 4.69) is 4.72 Å². The number of sulfonamides is 1. The smallest absolute Gasteiger partial charge is 0.241 e. The number of benzene rings is 2. The zero-order chi connectivity index (χ0) is 16.2. The first-order valence-corrected chi connectivity index (χ1v) is 7.84. The lowest BCUT2D eigenvalue weighted by Crippen LogP contribution is -2.31. The highest BCUT2D eigenvalue weighted by Crippen LogP contribution is 2.19. The van der Waals surface area contributed by atoms with Crippen LogP contribution in [0.4, 0.5) is 4.39 Å². The van der Waals surface area contributed by atoms with Crippen LogP contribution in [0.15, 0.2) is 53.4 Å². The Morgan fingerprint density at radius 1 is 1.23 bits per heavy atom. The van der Waals surface area contributed by atoms with Crippen LogP contribution in [0, 0.1) is 17.1 Å². The summed E-state index contributed by atoms with van der Waals surface area (Å²) in [5.74, 6) is -0.789. The molecule has 22 heavy (non-hydrogen) atoms. The van der Waals surface area contributed by atoms with E-state index in [0.29, 0.717) is 5.56 Å². The van der Waals surface area contributed by atoms with Crippen molar-refractivity contribution in [3.8, 4) is 6.07 Å². The first-order chi connectivity index (χ1) is 10.5. The summed E-state index contributed by atoms with van der Waals surface area (Å²) in [5.41, 5.74) is 0.235. The maximum absolute atomic E-state index is 13.3. The van der Waals surface area contributed by atoms with Crippen LogP contribution < -0.4 is 4.72 Å². The molecule has 0 fully saturated rings. The monoisotopic (exact) mass is 320 g/mol. The molecule has 0 aliphatic heterocycles. The van der Waals surface area contributed by atoms with Crippen LogP contribution in [-0.4, -0.2) is 20.1 Å². The van der Waals surface area contributed by atoms with E-state index < -0.39 is 28.5 Å². The summed E-state index contributed by atoms with van der Waals surface area (Å²) in [6.45, 7) is -0.435. The molecule has 1 unspecified atom stereocenters. The van der Waals surface area contributed by atoms with E-state index in [4.69, 9.17) is 5.26 Å². The van der Waals surface area contributed by atoms with E-state index in [1.807, 2.05) is 0 Å². The van der Waals surface area contributed by atoms with Crippen LogP contribution in [0.5, 0.6) is 0 Å². The molecule has 1 atom stereocenters. The second kappa shape index (κ2) is 6.66. The maximum atomic E-state index is 13.3. The molecule has 2 rings (SSSR count). The third-order valence-electron chi connectivity index (χ3n) is 3.05.